The van der Waals surface area contributed by atoms with Crippen LogP contribution in [-0.4, -0.2) is 32.8 Å². The van der Waals surface area contributed by atoms with Gasteiger partial charge in [0, 0.05) is 38.0 Å². The van der Waals surface area contributed by atoms with Crippen LogP contribution in [0.5, 0.6) is 0 Å². The molecule has 0 aliphatic carbocycles. The fraction of sp³-hybridized carbons (Fsp3) is 0.250. The fourth-order valence-electron chi connectivity index (χ4n) is 2.13. The van der Waals surface area contributed by atoms with Gasteiger partial charge >= 0.3 is 5.97 Å². The third kappa shape index (κ3) is 4.89. The molecular formula is C16H19N3O2. The Balaban J connectivity index is 1.92. The number of rotatable bonds is 6. The van der Waals surface area contributed by atoms with Gasteiger partial charge in [-0.2, -0.15) is 5.10 Å². The highest BCUT2D eigenvalue weighted by Crippen LogP contribution is 2.10. The molecular weight excluding hydrogens is 266 g/mol. The second-order valence-electron chi connectivity index (χ2n) is 5.11. The van der Waals surface area contributed by atoms with Crippen LogP contribution in [0.4, 0.5) is 0 Å². The number of aromatic nitrogens is 2. The van der Waals surface area contributed by atoms with Gasteiger partial charge in [-0.15, -0.1) is 0 Å². The third-order valence-corrected chi connectivity index (χ3v) is 3.06. The van der Waals surface area contributed by atoms with Gasteiger partial charge in [-0.1, -0.05) is 24.3 Å². The average Bonchev–Trinajstić information content (AvgIpc) is 2.83. The Kier molecular flexibility index (Phi) is 4.90. The summed E-state index contributed by atoms with van der Waals surface area (Å²) in [5.41, 5.74) is 3.26. The Morgan fingerprint density at radius 1 is 1.29 bits per heavy atom. The number of carboxylic acid groups (broad SMARTS) is 1. The van der Waals surface area contributed by atoms with E-state index in [1.807, 2.05) is 43.7 Å². The summed E-state index contributed by atoms with van der Waals surface area (Å²) in [4.78, 5) is 12.7. The van der Waals surface area contributed by atoms with Gasteiger partial charge in [-0.05, 0) is 24.3 Å². The lowest BCUT2D eigenvalue weighted by Gasteiger charge is -2.15. The van der Waals surface area contributed by atoms with Crippen LogP contribution in [0.2, 0.25) is 0 Å². The Morgan fingerprint density at radius 3 is 2.52 bits per heavy atom. The maximum absolute atomic E-state index is 10.5. The van der Waals surface area contributed by atoms with E-state index in [0.717, 1.165) is 24.7 Å². The van der Waals surface area contributed by atoms with E-state index in [1.54, 1.807) is 10.8 Å². The number of nitrogens with zero attached hydrogens (tertiary/aromatic N) is 3. The van der Waals surface area contributed by atoms with Crippen LogP contribution in [0.25, 0.3) is 6.08 Å². The van der Waals surface area contributed by atoms with Gasteiger partial charge in [0.25, 0.3) is 0 Å². The van der Waals surface area contributed by atoms with Crippen molar-refractivity contribution in [2.45, 2.75) is 13.1 Å². The van der Waals surface area contributed by atoms with Crippen molar-refractivity contribution in [3.8, 4) is 0 Å². The first-order chi connectivity index (χ1) is 10.0. The van der Waals surface area contributed by atoms with Crippen LogP contribution in [-0.2, 0) is 24.9 Å². The monoisotopic (exact) mass is 285 g/mol. The first-order valence-electron chi connectivity index (χ1n) is 6.69. The minimum atomic E-state index is -0.935. The van der Waals surface area contributed by atoms with Crippen LogP contribution in [0, 0.1) is 0 Å². The zero-order valence-electron chi connectivity index (χ0n) is 12.2. The molecule has 0 amide bonds. The Morgan fingerprint density at radius 2 is 1.95 bits per heavy atom. The Hall–Kier alpha value is -2.40. The molecule has 0 aliphatic rings. The van der Waals surface area contributed by atoms with E-state index in [4.69, 9.17) is 5.11 Å². The summed E-state index contributed by atoms with van der Waals surface area (Å²) in [6, 6.07) is 7.88. The van der Waals surface area contributed by atoms with Crippen LogP contribution in [0.1, 0.15) is 16.7 Å². The van der Waals surface area contributed by atoms with Crippen molar-refractivity contribution in [3.05, 3.63) is 59.4 Å². The molecule has 110 valence electrons. The second kappa shape index (κ2) is 6.85. The lowest BCUT2D eigenvalue weighted by Crippen LogP contribution is -2.16. The summed E-state index contributed by atoms with van der Waals surface area (Å²) in [6.45, 7) is 1.67. The van der Waals surface area contributed by atoms with Crippen LogP contribution in [0.3, 0.4) is 0 Å². The van der Waals surface area contributed by atoms with Crippen LogP contribution in [0.15, 0.2) is 42.7 Å². The van der Waals surface area contributed by atoms with Crippen molar-refractivity contribution >= 4 is 12.0 Å². The zero-order valence-corrected chi connectivity index (χ0v) is 12.2. The third-order valence-electron chi connectivity index (χ3n) is 3.06. The number of hydrogen-bond donors (Lipinski definition) is 1. The molecule has 0 spiro atoms. The van der Waals surface area contributed by atoms with E-state index in [2.05, 4.69) is 17.0 Å². The molecule has 0 saturated carbocycles. The van der Waals surface area contributed by atoms with E-state index >= 15 is 0 Å². The van der Waals surface area contributed by atoms with Crippen molar-refractivity contribution < 1.29 is 9.90 Å². The molecule has 1 aromatic carbocycles. The number of aryl methyl sites for hydroxylation is 1. The van der Waals surface area contributed by atoms with E-state index in [-0.39, 0.29) is 0 Å². The highest BCUT2D eigenvalue weighted by atomic mass is 16.4. The first-order valence-corrected chi connectivity index (χ1v) is 6.69. The summed E-state index contributed by atoms with van der Waals surface area (Å²) in [6.07, 6.45) is 6.61. The molecule has 0 aliphatic heterocycles. The topological polar surface area (TPSA) is 58.4 Å². The molecule has 1 aromatic heterocycles. The smallest absolute Gasteiger partial charge is 0.328 e. The van der Waals surface area contributed by atoms with Crippen molar-refractivity contribution in [2.24, 2.45) is 7.05 Å². The van der Waals surface area contributed by atoms with Crippen molar-refractivity contribution in [2.75, 3.05) is 7.05 Å². The Bertz CT molecular complexity index is 629. The molecule has 5 heteroatoms. The van der Waals surface area contributed by atoms with Crippen molar-refractivity contribution in [1.29, 1.82) is 0 Å². The molecule has 0 bridgehead atoms. The van der Waals surface area contributed by atoms with E-state index in [9.17, 15) is 4.79 Å². The number of aliphatic carboxylic acids is 1. The molecule has 0 atom stereocenters. The minimum absolute atomic E-state index is 0.831. The molecule has 0 unspecified atom stereocenters. The lowest BCUT2D eigenvalue weighted by atomic mass is 10.1. The minimum Gasteiger partial charge on any atom is -0.478 e. The predicted molar refractivity (Wildman–Crippen MR) is 81.5 cm³/mol. The largest absolute Gasteiger partial charge is 0.478 e. The molecule has 2 aromatic rings. The standard InChI is InChI=1S/C16H19N3O2/c1-18(11-15-9-17-19(2)12-15)10-14-5-3-13(4-6-14)7-8-16(20)21/h3-9,12H,10-11H2,1-2H3,(H,20,21). The van der Waals surface area contributed by atoms with Gasteiger partial charge in [0.05, 0.1) is 6.20 Å². The van der Waals surface area contributed by atoms with Gasteiger partial charge in [-0.3, -0.25) is 9.58 Å². The quantitative estimate of drug-likeness (QED) is 0.826. The predicted octanol–water partition coefficient (Wildman–Crippen LogP) is 2.15. The lowest BCUT2D eigenvalue weighted by molar-refractivity contribution is -0.131. The van der Waals surface area contributed by atoms with Crippen LogP contribution < -0.4 is 0 Å². The van der Waals surface area contributed by atoms with Crippen molar-refractivity contribution in [3.63, 3.8) is 0 Å². The molecule has 2 rings (SSSR count). The molecule has 0 radical (unpaired) electrons. The highest BCUT2D eigenvalue weighted by Gasteiger charge is 2.03. The normalized spacial score (nSPS) is 11.4. The summed E-state index contributed by atoms with van der Waals surface area (Å²) >= 11 is 0. The molecule has 0 fully saturated rings. The number of carbonyl (C=O) groups is 1. The highest BCUT2D eigenvalue weighted by molar-refractivity contribution is 5.85. The number of benzene rings is 1. The van der Waals surface area contributed by atoms with Gasteiger partial charge in [0.2, 0.25) is 0 Å². The molecule has 21 heavy (non-hydrogen) atoms. The SMILES string of the molecule is CN(Cc1ccc(C=CC(=O)O)cc1)Cc1cnn(C)c1. The first kappa shape index (κ1) is 15.0. The fourth-order valence-corrected chi connectivity index (χ4v) is 2.13. The van der Waals surface area contributed by atoms with Gasteiger partial charge in [0.15, 0.2) is 0 Å². The number of carboxylic acids is 1. The number of hydrogen-bond acceptors (Lipinski definition) is 3. The van der Waals surface area contributed by atoms with Gasteiger partial charge in [-0.25, -0.2) is 4.79 Å². The molecule has 0 saturated heterocycles. The maximum Gasteiger partial charge on any atom is 0.328 e. The van der Waals surface area contributed by atoms with E-state index < -0.39 is 5.97 Å². The molecule has 1 heterocycles. The van der Waals surface area contributed by atoms with Crippen molar-refractivity contribution in [1.82, 2.24) is 14.7 Å². The van der Waals surface area contributed by atoms with Gasteiger partial charge < -0.3 is 5.11 Å². The molecule has 1 N–H and O–H groups in total. The zero-order chi connectivity index (χ0) is 15.2. The second-order valence-corrected chi connectivity index (χ2v) is 5.11. The average molecular weight is 285 g/mol. The van der Waals surface area contributed by atoms with Gasteiger partial charge in [0.1, 0.15) is 0 Å². The van der Waals surface area contributed by atoms with E-state index in [0.29, 0.717) is 0 Å². The maximum atomic E-state index is 10.5. The Labute approximate surface area is 124 Å². The summed E-state index contributed by atoms with van der Waals surface area (Å²) in [5, 5.41) is 12.7. The van der Waals surface area contributed by atoms with E-state index in [1.165, 1.54) is 11.1 Å². The molecule has 5 nitrogen and oxygen atoms in total. The summed E-state index contributed by atoms with van der Waals surface area (Å²) < 4.78 is 1.80. The van der Waals surface area contributed by atoms with Crippen LogP contribution >= 0.6 is 0 Å². The summed E-state index contributed by atoms with van der Waals surface area (Å²) in [5.74, 6) is -0.935. The summed E-state index contributed by atoms with van der Waals surface area (Å²) in [7, 11) is 3.97.